The Morgan fingerprint density at radius 3 is 2.53 bits per heavy atom. The number of carbonyl (C=O) groups is 2. The fourth-order valence-electron chi connectivity index (χ4n) is 3.98. The zero-order chi connectivity index (χ0) is 12.4. The summed E-state index contributed by atoms with van der Waals surface area (Å²) in [4.78, 5) is 23.1. The fourth-order valence-corrected chi connectivity index (χ4v) is 3.98. The summed E-state index contributed by atoms with van der Waals surface area (Å²) in [6, 6.07) is 0. The number of ether oxygens (including phenoxy) is 1. The van der Waals surface area contributed by atoms with Crippen molar-refractivity contribution in [1.29, 1.82) is 0 Å². The van der Waals surface area contributed by atoms with Crippen LogP contribution in [-0.2, 0) is 14.3 Å². The molecule has 0 aromatic carbocycles. The largest absolute Gasteiger partial charge is 0.481 e. The number of fused-ring (bicyclic) bond motifs is 2. The standard InChI is InChI=1S/C12H17NO4/c1-2-17-10(16)12(13)5-11(3-4-11)7-6(8(7)12)9(14)15/h6-8H,2-5,13H2,1H3,(H,14,15). The average Bonchev–Trinajstić information content (AvgIpc) is 3.07. The maximum Gasteiger partial charge on any atom is 0.326 e. The molecule has 3 aliphatic rings. The number of esters is 1. The molecule has 3 aliphatic carbocycles. The lowest BCUT2D eigenvalue weighted by Crippen LogP contribution is -2.51. The van der Waals surface area contributed by atoms with E-state index in [2.05, 4.69) is 0 Å². The molecule has 3 rings (SSSR count). The minimum absolute atomic E-state index is 0.0369. The van der Waals surface area contributed by atoms with Crippen LogP contribution in [-0.4, -0.2) is 29.2 Å². The molecule has 3 fully saturated rings. The van der Waals surface area contributed by atoms with E-state index in [4.69, 9.17) is 15.6 Å². The number of hydrogen-bond acceptors (Lipinski definition) is 4. The van der Waals surface area contributed by atoms with E-state index in [9.17, 15) is 9.59 Å². The molecule has 94 valence electrons. The van der Waals surface area contributed by atoms with E-state index < -0.39 is 23.4 Å². The SMILES string of the molecule is CCOC(=O)C1(N)CC2(CC2)C2C(C(=O)O)C21. The predicted octanol–water partition coefficient (Wildman–Crippen LogP) is 0.378. The van der Waals surface area contributed by atoms with Crippen molar-refractivity contribution >= 4 is 11.9 Å². The first-order chi connectivity index (χ1) is 7.96. The number of carboxylic acid groups (broad SMARTS) is 1. The van der Waals surface area contributed by atoms with Crippen LogP contribution in [0.1, 0.15) is 26.2 Å². The van der Waals surface area contributed by atoms with Gasteiger partial charge in [0.2, 0.25) is 0 Å². The molecule has 0 heterocycles. The lowest BCUT2D eigenvalue weighted by atomic mass is 9.86. The zero-order valence-corrected chi connectivity index (χ0v) is 9.81. The number of carboxylic acids is 1. The number of hydrogen-bond donors (Lipinski definition) is 2. The second-order valence-corrected chi connectivity index (χ2v) is 5.72. The van der Waals surface area contributed by atoms with E-state index in [1.807, 2.05) is 0 Å². The van der Waals surface area contributed by atoms with Crippen molar-refractivity contribution in [3.05, 3.63) is 0 Å². The van der Waals surface area contributed by atoms with E-state index >= 15 is 0 Å². The molecule has 4 atom stereocenters. The summed E-state index contributed by atoms with van der Waals surface area (Å²) in [6.45, 7) is 2.03. The van der Waals surface area contributed by atoms with Gasteiger partial charge in [0, 0.05) is 5.92 Å². The van der Waals surface area contributed by atoms with Gasteiger partial charge in [-0.15, -0.1) is 0 Å². The maximum absolute atomic E-state index is 11.9. The summed E-state index contributed by atoms with van der Waals surface area (Å²) in [7, 11) is 0. The summed E-state index contributed by atoms with van der Waals surface area (Å²) in [5, 5.41) is 9.16. The van der Waals surface area contributed by atoms with Crippen LogP contribution in [0, 0.1) is 23.2 Å². The van der Waals surface area contributed by atoms with Gasteiger partial charge in [-0.25, -0.2) is 0 Å². The van der Waals surface area contributed by atoms with E-state index in [0.29, 0.717) is 13.0 Å². The first kappa shape index (κ1) is 11.0. The van der Waals surface area contributed by atoms with Crippen molar-refractivity contribution in [3.63, 3.8) is 0 Å². The molecule has 17 heavy (non-hydrogen) atoms. The molecule has 1 spiro atoms. The van der Waals surface area contributed by atoms with Crippen molar-refractivity contribution in [2.75, 3.05) is 6.61 Å². The number of aliphatic carboxylic acids is 1. The Kier molecular flexibility index (Phi) is 1.95. The fraction of sp³-hybridized carbons (Fsp3) is 0.833. The molecule has 0 bridgehead atoms. The van der Waals surface area contributed by atoms with E-state index in [1.165, 1.54) is 0 Å². The Balaban J connectivity index is 1.88. The van der Waals surface area contributed by atoms with Crippen molar-refractivity contribution in [2.24, 2.45) is 28.9 Å². The quantitative estimate of drug-likeness (QED) is 0.695. The molecular formula is C12H17NO4. The lowest BCUT2D eigenvalue weighted by molar-refractivity contribution is -0.151. The number of carbonyl (C=O) groups excluding carboxylic acids is 1. The smallest absolute Gasteiger partial charge is 0.326 e. The highest BCUT2D eigenvalue weighted by Gasteiger charge is 2.81. The van der Waals surface area contributed by atoms with E-state index in [-0.39, 0.29) is 17.3 Å². The molecule has 0 aliphatic heterocycles. The Labute approximate surface area is 99.3 Å². The molecule has 3 N–H and O–H groups in total. The second kappa shape index (κ2) is 3.02. The Bertz CT molecular complexity index is 403. The third-order valence-electron chi connectivity index (χ3n) is 4.80. The monoisotopic (exact) mass is 239 g/mol. The van der Waals surface area contributed by atoms with Gasteiger partial charge >= 0.3 is 11.9 Å². The van der Waals surface area contributed by atoms with Gasteiger partial charge in [0.25, 0.3) is 0 Å². The van der Waals surface area contributed by atoms with Gasteiger partial charge in [0.1, 0.15) is 5.54 Å². The predicted molar refractivity (Wildman–Crippen MR) is 57.9 cm³/mol. The Morgan fingerprint density at radius 2 is 2.06 bits per heavy atom. The second-order valence-electron chi connectivity index (χ2n) is 5.72. The molecule has 0 saturated heterocycles. The summed E-state index contributed by atoms with van der Waals surface area (Å²) < 4.78 is 5.02. The molecule has 0 aromatic rings. The van der Waals surface area contributed by atoms with Crippen LogP contribution in [0.4, 0.5) is 0 Å². The molecule has 5 heteroatoms. The first-order valence-electron chi connectivity index (χ1n) is 6.15. The summed E-state index contributed by atoms with van der Waals surface area (Å²) in [6.07, 6.45) is 2.63. The van der Waals surface area contributed by atoms with Gasteiger partial charge in [-0.3, -0.25) is 9.59 Å². The third kappa shape index (κ3) is 1.23. The van der Waals surface area contributed by atoms with Crippen molar-refractivity contribution in [3.8, 4) is 0 Å². The molecular weight excluding hydrogens is 222 g/mol. The lowest BCUT2D eigenvalue weighted by Gasteiger charge is -2.26. The Hall–Kier alpha value is -1.10. The highest BCUT2D eigenvalue weighted by molar-refractivity contribution is 5.87. The van der Waals surface area contributed by atoms with Crippen LogP contribution in [0.5, 0.6) is 0 Å². The minimum atomic E-state index is -1.06. The van der Waals surface area contributed by atoms with E-state index in [0.717, 1.165) is 12.8 Å². The highest BCUT2D eigenvalue weighted by Crippen LogP contribution is 2.78. The number of nitrogens with two attached hydrogens (primary N) is 1. The van der Waals surface area contributed by atoms with Crippen LogP contribution in [0.2, 0.25) is 0 Å². The summed E-state index contributed by atoms with van der Waals surface area (Å²) >= 11 is 0. The van der Waals surface area contributed by atoms with Crippen LogP contribution in [0.3, 0.4) is 0 Å². The molecule has 4 unspecified atom stereocenters. The summed E-state index contributed by atoms with van der Waals surface area (Å²) in [5.41, 5.74) is 5.16. The van der Waals surface area contributed by atoms with Crippen LogP contribution in [0.15, 0.2) is 0 Å². The average molecular weight is 239 g/mol. The minimum Gasteiger partial charge on any atom is -0.481 e. The van der Waals surface area contributed by atoms with Crippen LogP contribution in [0.25, 0.3) is 0 Å². The molecule has 3 saturated carbocycles. The molecule has 0 amide bonds. The number of rotatable bonds is 3. The molecule has 0 radical (unpaired) electrons. The molecule has 5 nitrogen and oxygen atoms in total. The highest BCUT2D eigenvalue weighted by atomic mass is 16.5. The van der Waals surface area contributed by atoms with Crippen LogP contribution < -0.4 is 5.73 Å². The van der Waals surface area contributed by atoms with Crippen molar-refractivity contribution in [1.82, 2.24) is 0 Å². The van der Waals surface area contributed by atoms with E-state index in [1.54, 1.807) is 6.92 Å². The zero-order valence-electron chi connectivity index (χ0n) is 9.81. The Morgan fingerprint density at radius 1 is 1.41 bits per heavy atom. The van der Waals surface area contributed by atoms with Crippen molar-refractivity contribution in [2.45, 2.75) is 31.7 Å². The van der Waals surface area contributed by atoms with Crippen LogP contribution >= 0.6 is 0 Å². The normalized spacial score (nSPS) is 44.2. The van der Waals surface area contributed by atoms with Gasteiger partial charge in [0.15, 0.2) is 0 Å². The maximum atomic E-state index is 11.9. The summed E-state index contributed by atoms with van der Waals surface area (Å²) in [5.74, 6) is -1.76. The van der Waals surface area contributed by atoms with Gasteiger partial charge < -0.3 is 15.6 Å². The van der Waals surface area contributed by atoms with Crippen molar-refractivity contribution < 1.29 is 19.4 Å². The van der Waals surface area contributed by atoms with Gasteiger partial charge in [-0.1, -0.05) is 0 Å². The first-order valence-corrected chi connectivity index (χ1v) is 6.15. The van der Waals surface area contributed by atoms with Gasteiger partial charge in [-0.2, -0.15) is 0 Å². The van der Waals surface area contributed by atoms with Gasteiger partial charge in [0.05, 0.1) is 12.5 Å². The topological polar surface area (TPSA) is 89.6 Å². The third-order valence-corrected chi connectivity index (χ3v) is 4.80. The molecule has 0 aromatic heterocycles. The van der Waals surface area contributed by atoms with Gasteiger partial charge in [-0.05, 0) is 37.5 Å².